The summed E-state index contributed by atoms with van der Waals surface area (Å²) in [4.78, 5) is 12.1. The maximum Gasteiger partial charge on any atom is 0.225 e. The van der Waals surface area contributed by atoms with E-state index >= 15 is 0 Å². The molecule has 0 aliphatic heterocycles. The molecule has 0 bridgehead atoms. The SMILES string of the molecule is CC(C)c1ccc(C(C)CC(=O)Nc2ccc[n+]([O-])c2)cc1. The molecule has 0 aliphatic rings. The predicted octanol–water partition coefficient (Wildman–Crippen LogP) is 3.58. The maximum absolute atomic E-state index is 12.1. The van der Waals surface area contributed by atoms with Crippen molar-refractivity contribution in [3.05, 3.63) is 65.1 Å². The van der Waals surface area contributed by atoms with Gasteiger partial charge in [0, 0.05) is 12.5 Å². The van der Waals surface area contributed by atoms with Gasteiger partial charge in [-0.1, -0.05) is 45.0 Å². The molecule has 4 nitrogen and oxygen atoms in total. The highest BCUT2D eigenvalue weighted by Gasteiger charge is 2.12. The molecule has 0 radical (unpaired) electrons. The fourth-order valence-corrected chi connectivity index (χ4v) is 2.35. The summed E-state index contributed by atoms with van der Waals surface area (Å²) in [6, 6.07) is 11.7. The van der Waals surface area contributed by atoms with Gasteiger partial charge in [-0.05, 0) is 29.0 Å². The second kappa shape index (κ2) is 7.07. The van der Waals surface area contributed by atoms with Crippen molar-refractivity contribution in [2.24, 2.45) is 0 Å². The van der Waals surface area contributed by atoms with E-state index in [4.69, 9.17) is 0 Å². The molecule has 1 N–H and O–H groups in total. The monoisotopic (exact) mass is 298 g/mol. The topological polar surface area (TPSA) is 56.0 Å². The number of pyridine rings is 1. The summed E-state index contributed by atoms with van der Waals surface area (Å²) in [5, 5.41) is 13.9. The Morgan fingerprint density at radius 2 is 1.77 bits per heavy atom. The quantitative estimate of drug-likeness (QED) is 0.677. The predicted molar refractivity (Wildman–Crippen MR) is 87.6 cm³/mol. The molecule has 1 unspecified atom stereocenters. The van der Waals surface area contributed by atoms with Gasteiger partial charge in [0.05, 0.1) is 0 Å². The molecule has 1 heterocycles. The average molecular weight is 298 g/mol. The van der Waals surface area contributed by atoms with Gasteiger partial charge in [-0.15, -0.1) is 0 Å². The lowest BCUT2D eigenvalue weighted by Crippen LogP contribution is -2.25. The number of rotatable bonds is 5. The third kappa shape index (κ3) is 4.32. The summed E-state index contributed by atoms with van der Waals surface area (Å²) in [5.74, 6) is 0.542. The molecule has 1 amide bonds. The van der Waals surface area contributed by atoms with E-state index in [1.54, 1.807) is 12.1 Å². The zero-order chi connectivity index (χ0) is 16.1. The van der Waals surface area contributed by atoms with Gasteiger partial charge in [0.1, 0.15) is 5.69 Å². The first-order valence-electron chi connectivity index (χ1n) is 7.54. The van der Waals surface area contributed by atoms with E-state index in [1.165, 1.54) is 18.0 Å². The number of hydrogen-bond acceptors (Lipinski definition) is 2. The number of nitrogens with one attached hydrogen (secondary N) is 1. The minimum absolute atomic E-state index is 0.0911. The molecule has 1 aromatic heterocycles. The highest BCUT2D eigenvalue weighted by Crippen LogP contribution is 2.22. The normalized spacial score (nSPS) is 12.2. The van der Waals surface area contributed by atoms with Gasteiger partial charge in [0.25, 0.3) is 0 Å². The number of amides is 1. The Bertz CT molecular complexity index is 636. The van der Waals surface area contributed by atoms with Crippen molar-refractivity contribution < 1.29 is 9.52 Å². The van der Waals surface area contributed by atoms with Gasteiger partial charge in [-0.25, -0.2) is 0 Å². The van der Waals surface area contributed by atoms with Crippen molar-refractivity contribution >= 4 is 11.6 Å². The minimum Gasteiger partial charge on any atom is -0.619 e. The largest absolute Gasteiger partial charge is 0.619 e. The van der Waals surface area contributed by atoms with E-state index in [9.17, 15) is 10.0 Å². The summed E-state index contributed by atoms with van der Waals surface area (Å²) in [6.45, 7) is 6.35. The van der Waals surface area contributed by atoms with Gasteiger partial charge in [-0.3, -0.25) is 4.79 Å². The van der Waals surface area contributed by atoms with Crippen LogP contribution in [0.3, 0.4) is 0 Å². The van der Waals surface area contributed by atoms with Crippen molar-refractivity contribution in [3.8, 4) is 0 Å². The van der Waals surface area contributed by atoms with Crippen LogP contribution in [0.1, 0.15) is 50.2 Å². The summed E-state index contributed by atoms with van der Waals surface area (Å²) >= 11 is 0. The molecule has 22 heavy (non-hydrogen) atoms. The number of anilines is 1. The number of carbonyl (C=O) groups excluding carboxylic acids is 1. The van der Waals surface area contributed by atoms with Gasteiger partial charge in [-0.2, -0.15) is 4.73 Å². The average Bonchev–Trinajstić information content (AvgIpc) is 2.47. The van der Waals surface area contributed by atoms with Crippen LogP contribution in [0.2, 0.25) is 0 Å². The lowest BCUT2D eigenvalue weighted by Gasteiger charge is -2.13. The van der Waals surface area contributed by atoms with Crippen LogP contribution in [0.25, 0.3) is 0 Å². The van der Waals surface area contributed by atoms with Crippen molar-refractivity contribution in [1.82, 2.24) is 0 Å². The van der Waals surface area contributed by atoms with E-state index in [0.29, 0.717) is 22.8 Å². The third-order valence-electron chi connectivity index (χ3n) is 3.72. The molecule has 1 aromatic carbocycles. The third-order valence-corrected chi connectivity index (χ3v) is 3.72. The molecule has 0 spiro atoms. The van der Waals surface area contributed by atoms with Crippen LogP contribution in [-0.4, -0.2) is 5.91 Å². The zero-order valence-corrected chi connectivity index (χ0v) is 13.2. The van der Waals surface area contributed by atoms with Crippen LogP contribution >= 0.6 is 0 Å². The smallest absolute Gasteiger partial charge is 0.225 e. The first kappa shape index (κ1) is 16.0. The number of aromatic nitrogens is 1. The van der Waals surface area contributed by atoms with E-state index in [0.717, 1.165) is 5.56 Å². The molecular weight excluding hydrogens is 276 g/mol. The number of nitrogens with zero attached hydrogens (tertiary/aromatic N) is 1. The van der Waals surface area contributed by atoms with E-state index < -0.39 is 0 Å². The van der Waals surface area contributed by atoms with Crippen LogP contribution in [-0.2, 0) is 4.79 Å². The molecule has 0 saturated carbocycles. The molecule has 0 fully saturated rings. The second-order valence-corrected chi connectivity index (χ2v) is 5.93. The van der Waals surface area contributed by atoms with E-state index in [1.807, 2.05) is 6.92 Å². The van der Waals surface area contributed by atoms with Crippen molar-refractivity contribution in [1.29, 1.82) is 0 Å². The molecular formula is C18H22N2O2. The molecule has 116 valence electrons. The first-order valence-corrected chi connectivity index (χ1v) is 7.54. The van der Waals surface area contributed by atoms with E-state index in [-0.39, 0.29) is 11.8 Å². The zero-order valence-electron chi connectivity index (χ0n) is 13.2. The first-order chi connectivity index (χ1) is 10.5. The van der Waals surface area contributed by atoms with Gasteiger partial charge in [0.2, 0.25) is 12.1 Å². The van der Waals surface area contributed by atoms with Crippen LogP contribution in [0.15, 0.2) is 48.8 Å². The van der Waals surface area contributed by atoms with Gasteiger partial charge >= 0.3 is 0 Å². The minimum atomic E-state index is -0.0911. The summed E-state index contributed by atoms with van der Waals surface area (Å²) in [6.07, 6.45) is 3.11. The fraction of sp³-hybridized carbons (Fsp3) is 0.333. The van der Waals surface area contributed by atoms with Crippen molar-refractivity contribution in [2.45, 2.75) is 39.0 Å². The Balaban J connectivity index is 1.96. The molecule has 0 aliphatic carbocycles. The molecule has 4 heteroatoms. The Kier molecular flexibility index (Phi) is 5.15. The van der Waals surface area contributed by atoms with Crippen LogP contribution in [0, 0.1) is 5.21 Å². The highest BCUT2D eigenvalue weighted by atomic mass is 16.5. The Morgan fingerprint density at radius 1 is 1.14 bits per heavy atom. The molecule has 2 rings (SSSR count). The Hall–Kier alpha value is -2.36. The molecule has 1 atom stereocenters. The standard InChI is InChI=1S/C18H22N2O2/c1-13(2)15-6-8-16(9-7-15)14(3)11-18(21)19-17-5-4-10-20(22)12-17/h4-10,12-14H,11H2,1-3H3,(H,19,21). The number of carbonyl (C=O) groups is 1. The maximum atomic E-state index is 12.1. The lowest BCUT2D eigenvalue weighted by molar-refractivity contribution is -0.604. The summed E-state index contributed by atoms with van der Waals surface area (Å²) < 4.78 is 0.670. The number of benzene rings is 1. The van der Waals surface area contributed by atoms with Gasteiger partial charge < -0.3 is 10.5 Å². The second-order valence-electron chi connectivity index (χ2n) is 5.93. The lowest BCUT2D eigenvalue weighted by atomic mass is 9.94. The van der Waals surface area contributed by atoms with E-state index in [2.05, 4.69) is 43.4 Å². The summed E-state index contributed by atoms with van der Waals surface area (Å²) in [5.41, 5.74) is 2.96. The van der Waals surface area contributed by atoms with Crippen molar-refractivity contribution in [2.75, 3.05) is 5.32 Å². The van der Waals surface area contributed by atoms with Crippen LogP contribution < -0.4 is 10.0 Å². The summed E-state index contributed by atoms with van der Waals surface area (Å²) in [7, 11) is 0. The van der Waals surface area contributed by atoms with Gasteiger partial charge in [0.15, 0.2) is 6.20 Å². The van der Waals surface area contributed by atoms with Crippen LogP contribution in [0.4, 0.5) is 5.69 Å². The fourth-order valence-electron chi connectivity index (χ4n) is 2.35. The molecule has 2 aromatic rings. The molecule has 0 saturated heterocycles. The Morgan fingerprint density at radius 3 is 2.36 bits per heavy atom. The number of hydrogen-bond donors (Lipinski definition) is 1. The van der Waals surface area contributed by atoms with Crippen LogP contribution in [0.5, 0.6) is 0 Å². The Labute approximate surface area is 131 Å². The van der Waals surface area contributed by atoms with Crippen molar-refractivity contribution in [3.63, 3.8) is 0 Å². The highest BCUT2D eigenvalue weighted by molar-refractivity contribution is 5.90.